The normalized spacial score (nSPS) is 10.0. The predicted octanol–water partition coefficient (Wildman–Crippen LogP) is 2.72. The van der Waals surface area contributed by atoms with Crippen LogP contribution in [0.1, 0.15) is 11.3 Å². The van der Waals surface area contributed by atoms with Crippen LogP contribution in [-0.2, 0) is 4.79 Å². The second kappa shape index (κ2) is 6.00. The number of hydrogen-bond donors (Lipinski definition) is 1. The molecule has 0 radical (unpaired) electrons. The van der Waals surface area contributed by atoms with Gasteiger partial charge in [0.1, 0.15) is 5.75 Å². The number of carbonyl (C=O) groups excluding carboxylic acids is 1. The number of para-hydroxylation sites is 1. The molecule has 1 aromatic carbocycles. The molecule has 0 aliphatic carbocycles. The minimum Gasteiger partial charge on any atom is -0.483 e. The SMILES string of the molecule is Cc1cc(NC(=O)COc2ccccc2C)ccn1. The average Bonchev–Trinajstić information content (AvgIpc) is 2.38. The molecule has 4 nitrogen and oxygen atoms in total. The first-order chi connectivity index (χ1) is 9.15. The summed E-state index contributed by atoms with van der Waals surface area (Å²) in [4.78, 5) is 15.8. The maximum absolute atomic E-state index is 11.8. The van der Waals surface area contributed by atoms with Gasteiger partial charge in [0.25, 0.3) is 5.91 Å². The molecule has 0 aliphatic rings. The highest BCUT2D eigenvalue weighted by molar-refractivity contribution is 5.91. The molecule has 2 aromatic rings. The Kier molecular flexibility index (Phi) is 4.13. The summed E-state index contributed by atoms with van der Waals surface area (Å²) in [5.41, 5.74) is 2.60. The lowest BCUT2D eigenvalue weighted by atomic mass is 10.2. The van der Waals surface area contributed by atoms with Crippen molar-refractivity contribution < 1.29 is 9.53 Å². The van der Waals surface area contributed by atoms with Crippen LogP contribution in [0.25, 0.3) is 0 Å². The molecule has 1 amide bonds. The summed E-state index contributed by atoms with van der Waals surface area (Å²) in [5, 5.41) is 2.77. The first-order valence-corrected chi connectivity index (χ1v) is 6.06. The van der Waals surface area contributed by atoms with E-state index in [-0.39, 0.29) is 12.5 Å². The fourth-order valence-corrected chi connectivity index (χ4v) is 1.68. The largest absolute Gasteiger partial charge is 0.483 e. The number of carbonyl (C=O) groups is 1. The van der Waals surface area contributed by atoms with Crippen LogP contribution in [0.4, 0.5) is 5.69 Å². The van der Waals surface area contributed by atoms with Gasteiger partial charge < -0.3 is 10.1 Å². The Morgan fingerprint density at radius 2 is 2.05 bits per heavy atom. The van der Waals surface area contributed by atoms with Crippen LogP contribution in [0, 0.1) is 13.8 Å². The Hall–Kier alpha value is -2.36. The standard InChI is InChI=1S/C15H16N2O2/c1-11-5-3-4-6-14(11)19-10-15(18)17-13-7-8-16-12(2)9-13/h3-9H,10H2,1-2H3,(H,16,17,18). The van der Waals surface area contributed by atoms with Crippen molar-refractivity contribution in [2.75, 3.05) is 11.9 Å². The lowest BCUT2D eigenvalue weighted by Crippen LogP contribution is -2.20. The molecule has 2 rings (SSSR count). The molecular formula is C15H16N2O2. The second-order valence-corrected chi connectivity index (χ2v) is 4.29. The first kappa shape index (κ1) is 13.1. The van der Waals surface area contributed by atoms with Crippen LogP contribution >= 0.6 is 0 Å². The number of aromatic nitrogens is 1. The number of nitrogens with one attached hydrogen (secondary N) is 1. The van der Waals surface area contributed by atoms with E-state index in [1.165, 1.54) is 0 Å². The van der Waals surface area contributed by atoms with E-state index in [4.69, 9.17) is 4.74 Å². The fraction of sp³-hybridized carbons (Fsp3) is 0.200. The van der Waals surface area contributed by atoms with Crippen molar-refractivity contribution in [3.05, 3.63) is 53.9 Å². The summed E-state index contributed by atoms with van der Waals surface area (Å²) < 4.78 is 5.47. The zero-order valence-corrected chi connectivity index (χ0v) is 11.0. The van der Waals surface area contributed by atoms with Gasteiger partial charge in [-0.2, -0.15) is 0 Å². The zero-order valence-electron chi connectivity index (χ0n) is 11.0. The van der Waals surface area contributed by atoms with Crippen LogP contribution in [0.15, 0.2) is 42.6 Å². The molecule has 0 spiro atoms. The minimum absolute atomic E-state index is 0.00771. The van der Waals surface area contributed by atoms with Crippen LogP contribution in [0.3, 0.4) is 0 Å². The van der Waals surface area contributed by atoms with E-state index < -0.39 is 0 Å². The summed E-state index contributed by atoms with van der Waals surface area (Å²) in [6.07, 6.45) is 1.66. The summed E-state index contributed by atoms with van der Waals surface area (Å²) in [7, 11) is 0. The molecule has 1 N–H and O–H groups in total. The number of benzene rings is 1. The van der Waals surface area contributed by atoms with Gasteiger partial charge in [0.2, 0.25) is 0 Å². The van der Waals surface area contributed by atoms with Crippen molar-refractivity contribution in [3.63, 3.8) is 0 Å². The van der Waals surface area contributed by atoms with Gasteiger partial charge in [-0.3, -0.25) is 9.78 Å². The molecule has 1 aromatic heterocycles. The molecule has 4 heteroatoms. The Morgan fingerprint density at radius 3 is 2.79 bits per heavy atom. The number of ether oxygens (including phenoxy) is 1. The number of aryl methyl sites for hydroxylation is 2. The first-order valence-electron chi connectivity index (χ1n) is 6.06. The molecule has 1 heterocycles. The number of rotatable bonds is 4. The van der Waals surface area contributed by atoms with Crippen molar-refractivity contribution in [1.29, 1.82) is 0 Å². The van der Waals surface area contributed by atoms with Crippen LogP contribution in [0.2, 0.25) is 0 Å². The lowest BCUT2D eigenvalue weighted by Gasteiger charge is -2.09. The molecule has 0 saturated carbocycles. The highest BCUT2D eigenvalue weighted by atomic mass is 16.5. The molecule has 0 saturated heterocycles. The summed E-state index contributed by atoms with van der Waals surface area (Å²) in [6.45, 7) is 3.81. The molecular weight excluding hydrogens is 240 g/mol. The maximum atomic E-state index is 11.8. The van der Waals surface area contributed by atoms with Crippen molar-refractivity contribution >= 4 is 11.6 Å². The van der Waals surface area contributed by atoms with Crippen molar-refractivity contribution in [3.8, 4) is 5.75 Å². The average molecular weight is 256 g/mol. The number of amides is 1. The maximum Gasteiger partial charge on any atom is 0.262 e. The molecule has 0 atom stereocenters. The van der Waals surface area contributed by atoms with E-state index >= 15 is 0 Å². The third-order valence-corrected chi connectivity index (χ3v) is 2.63. The summed E-state index contributed by atoms with van der Waals surface area (Å²) in [5.74, 6) is 0.539. The van der Waals surface area contributed by atoms with Crippen LogP contribution < -0.4 is 10.1 Å². The number of anilines is 1. The van der Waals surface area contributed by atoms with Crippen molar-refractivity contribution in [1.82, 2.24) is 4.98 Å². The molecule has 0 aliphatic heterocycles. The van der Waals surface area contributed by atoms with Gasteiger partial charge in [0.15, 0.2) is 6.61 Å². The number of nitrogens with zero attached hydrogens (tertiary/aromatic N) is 1. The molecule has 0 unspecified atom stereocenters. The van der Waals surface area contributed by atoms with E-state index in [2.05, 4.69) is 10.3 Å². The Labute approximate surface area is 112 Å². The van der Waals surface area contributed by atoms with E-state index in [9.17, 15) is 4.79 Å². The zero-order chi connectivity index (χ0) is 13.7. The topological polar surface area (TPSA) is 51.2 Å². The molecule has 19 heavy (non-hydrogen) atoms. The number of pyridine rings is 1. The molecule has 0 bridgehead atoms. The van der Waals surface area contributed by atoms with Crippen molar-refractivity contribution in [2.24, 2.45) is 0 Å². The predicted molar refractivity (Wildman–Crippen MR) is 74.3 cm³/mol. The monoisotopic (exact) mass is 256 g/mol. The third kappa shape index (κ3) is 3.81. The molecule has 98 valence electrons. The van der Waals surface area contributed by atoms with E-state index in [1.54, 1.807) is 12.3 Å². The van der Waals surface area contributed by atoms with E-state index in [0.717, 1.165) is 22.7 Å². The van der Waals surface area contributed by atoms with Crippen LogP contribution in [0.5, 0.6) is 5.75 Å². The lowest BCUT2D eigenvalue weighted by molar-refractivity contribution is -0.118. The van der Waals surface area contributed by atoms with Crippen molar-refractivity contribution in [2.45, 2.75) is 13.8 Å². The van der Waals surface area contributed by atoms with Crippen LogP contribution in [-0.4, -0.2) is 17.5 Å². The second-order valence-electron chi connectivity index (χ2n) is 4.29. The van der Waals surface area contributed by atoms with Gasteiger partial charge >= 0.3 is 0 Å². The smallest absolute Gasteiger partial charge is 0.262 e. The van der Waals surface area contributed by atoms with Gasteiger partial charge in [-0.25, -0.2) is 0 Å². The van der Waals surface area contributed by atoms with Gasteiger partial charge in [-0.1, -0.05) is 18.2 Å². The van der Waals surface area contributed by atoms with Gasteiger partial charge in [0, 0.05) is 17.6 Å². The summed E-state index contributed by atoms with van der Waals surface area (Å²) in [6, 6.07) is 11.2. The molecule has 0 fully saturated rings. The number of hydrogen-bond acceptors (Lipinski definition) is 3. The highest BCUT2D eigenvalue weighted by Crippen LogP contribution is 2.16. The Balaban J connectivity index is 1.90. The van der Waals surface area contributed by atoms with Gasteiger partial charge in [0.05, 0.1) is 0 Å². The van der Waals surface area contributed by atoms with Gasteiger partial charge in [-0.05, 0) is 37.6 Å². The Bertz CT molecular complexity index is 582. The highest BCUT2D eigenvalue weighted by Gasteiger charge is 2.05. The van der Waals surface area contributed by atoms with Gasteiger partial charge in [-0.15, -0.1) is 0 Å². The fourth-order valence-electron chi connectivity index (χ4n) is 1.68. The summed E-state index contributed by atoms with van der Waals surface area (Å²) >= 11 is 0. The Morgan fingerprint density at radius 1 is 1.26 bits per heavy atom. The quantitative estimate of drug-likeness (QED) is 0.915. The minimum atomic E-state index is -0.186. The van der Waals surface area contributed by atoms with E-state index in [1.807, 2.05) is 44.2 Å². The third-order valence-electron chi connectivity index (χ3n) is 2.63. The van der Waals surface area contributed by atoms with E-state index in [0.29, 0.717) is 0 Å².